The van der Waals surface area contributed by atoms with Crippen molar-refractivity contribution >= 4 is 5.91 Å². The Kier molecular flexibility index (Phi) is 22.6. The van der Waals surface area contributed by atoms with Gasteiger partial charge in [0.25, 0.3) is 0 Å². The van der Waals surface area contributed by atoms with E-state index in [0.717, 1.165) is 51.4 Å². The number of hydrogen-bond donors (Lipinski definition) is 6. The number of aliphatic hydroxyl groups is 5. The number of aliphatic hydroxyl groups excluding tert-OH is 5. The molecule has 1 aliphatic heterocycles. The number of nitrogens with one attached hydrogen (secondary N) is 1. The van der Waals surface area contributed by atoms with Crippen molar-refractivity contribution in [2.24, 2.45) is 0 Å². The van der Waals surface area contributed by atoms with Crippen molar-refractivity contribution in [3.63, 3.8) is 0 Å². The largest absolute Gasteiger partial charge is 0.394 e. The van der Waals surface area contributed by atoms with Gasteiger partial charge < -0.3 is 40.3 Å². The molecule has 0 aromatic heterocycles. The zero-order valence-electron chi connectivity index (χ0n) is 25.8. The van der Waals surface area contributed by atoms with Gasteiger partial charge in [0.1, 0.15) is 24.4 Å². The molecule has 1 rings (SSSR count). The lowest BCUT2D eigenvalue weighted by atomic mass is 9.99. The van der Waals surface area contributed by atoms with Gasteiger partial charge in [0.05, 0.1) is 25.4 Å². The molecule has 9 nitrogen and oxygen atoms in total. The second-order valence-corrected chi connectivity index (χ2v) is 11.6. The quantitative estimate of drug-likeness (QED) is 0.0685. The standard InChI is InChI=1S/C32H61NO8/c1-3-5-7-9-10-11-12-13-14-15-16-18-19-21-26(35)25(33-28(36)22-20-17-8-6-4-2)24-40-32-31(39)30(38)29(37)27(23-34)41-32/h19,21,25-27,29-32,34-35,37-39H,3-18,20,22-24H2,1-2H3,(H,33,36)/b21-19+/t25?,26?,27-,29-,30+,31-,32?/m1/s1. The van der Waals surface area contributed by atoms with E-state index >= 15 is 0 Å². The van der Waals surface area contributed by atoms with Crippen molar-refractivity contribution < 1.29 is 39.8 Å². The Morgan fingerprint density at radius 2 is 1.34 bits per heavy atom. The Hall–Kier alpha value is -1.07. The number of unbranched alkanes of at least 4 members (excludes halogenated alkanes) is 15. The molecule has 41 heavy (non-hydrogen) atoms. The van der Waals surface area contributed by atoms with Gasteiger partial charge in [0.15, 0.2) is 6.29 Å². The highest BCUT2D eigenvalue weighted by molar-refractivity contribution is 5.76. The van der Waals surface area contributed by atoms with Gasteiger partial charge in [-0.3, -0.25) is 4.79 Å². The smallest absolute Gasteiger partial charge is 0.220 e. The topological polar surface area (TPSA) is 149 Å². The van der Waals surface area contributed by atoms with Crippen molar-refractivity contribution in [1.29, 1.82) is 0 Å². The molecule has 0 spiro atoms. The Bertz CT molecular complexity index is 662. The van der Waals surface area contributed by atoms with Crippen LogP contribution in [0.4, 0.5) is 0 Å². The molecular weight excluding hydrogens is 526 g/mol. The van der Waals surface area contributed by atoms with Crippen LogP contribution in [0.15, 0.2) is 12.2 Å². The van der Waals surface area contributed by atoms with E-state index in [1.807, 2.05) is 6.08 Å². The summed E-state index contributed by atoms with van der Waals surface area (Å²) in [5.74, 6) is -0.193. The molecule has 1 heterocycles. The van der Waals surface area contributed by atoms with Crippen LogP contribution in [0.5, 0.6) is 0 Å². The Morgan fingerprint density at radius 1 is 0.805 bits per heavy atom. The minimum atomic E-state index is -1.56. The van der Waals surface area contributed by atoms with Crippen LogP contribution in [0.25, 0.3) is 0 Å². The van der Waals surface area contributed by atoms with Crippen molar-refractivity contribution in [3.05, 3.63) is 12.2 Å². The van der Waals surface area contributed by atoms with E-state index in [1.54, 1.807) is 6.08 Å². The van der Waals surface area contributed by atoms with Crippen molar-refractivity contribution in [2.75, 3.05) is 13.2 Å². The summed E-state index contributed by atoms with van der Waals surface area (Å²) in [6.45, 7) is 3.63. The summed E-state index contributed by atoms with van der Waals surface area (Å²) in [6, 6.07) is -0.793. The average Bonchev–Trinajstić information content (AvgIpc) is 2.97. The molecule has 9 heteroatoms. The van der Waals surface area contributed by atoms with Gasteiger partial charge in [-0.15, -0.1) is 0 Å². The third-order valence-corrected chi connectivity index (χ3v) is 7.86. The molecule has 0 aliphatic carbocycles. The number of rotatable bonds is 25. The summed E-state index contributed by atoms with van der Waals surface area (Å²) in [4.78, 5) is 12.6. The monoisotopic (exact) mass is 587 g/mol. The predicted molar refractivity (Wildman–Crippen MR) is 161 cm³/mol. The first-order chi connectivity index (χ1) is 19.8. The maximum Gasteiger partial charge on any atom is 0.220 e. The number of allylic oxidation sites excluding steroid dienone is 1. The third kappa shape index (κ3) is 17.0. The first-order valence-electron chi connectivity index (χ1n) is 16.4. The zero-order chi connectivity index (χ0) is 30.3. The first kappa shape index (κ1) is 38.0. The summed E-state index contributed by atoms with van der Waals surface area (Å²) in [7, 11) is 0. The molecule has 0 aromatic rings. The Labute approximate surface area is 248 Å². The molecule has 1 fully saturated rings. The van der Waals surface area contributed by atoms with Gasteiger partial charge in [0, 0.05) is 6.42 Å². The molecule has 1 saturated heterocycles. The molecule has 3 unspecified atom stereocenters. The molecule has 0 radical (unpaired) electrons. The molecule has 6 N–H and O–H groups in total. The van der Waals surface area contributed by atoms with Gasteiger partial charge in [-0.1, -0.05) is 116 Å². The highest BCUT2D eigenvalue weighted by Gasteiger charge is 2.44. The highest BCUT2D eigenvalue weighted by atomic mass is 16.7. The van der Waals surface area contributed by atoms with Gasteiger partial charge >= 0.3 is 0 Å². The number of ether oxygens (including phenoxy) is 2. The van der Waals surface area contributed by atoms with Crippen LogP contribution >= 0.6 is 0 Å². The average molecular weight is 588 g/mol. The number of carbonyl (C=O) groups excluding carboxylic acids is 1. The zero-order valence-corrected chi connectivity index (χ0v) is 25.8. The van der Waals surface area contributed by atoms with Crippen LogP contribution in [-0.2, 0) is 14.3 Å². The third-order valence-electron chi connectivity index (χ3n) is 7.86. The lowest BCUT2D eigenvalue weighted by molar-refractivity contribution is -0.302. The van der Waals surface area contributed by atoms with Crippen molar-refractivity contribution in [3.8, 4) is 0 Å². The van der Waals surface area contributed by atoms with Crippen LogP contribution < -0.4 is 5.32 Å². The predicted octanol–water partition coefficient (Wildman–Crippen LogP) is 4.27. The fraction of sp³-hybridized carbons (Fsp3) is 0.906. The normalized spacial score (nSPS) is 24.5. The second-order valence-electron chi connectivity index (χ2n) is 11.6. The lowest BCUT2D eigenvalue weighted by Crippen LogP contribution is -2.60. The van der Waals surface area contributed by atoms with E-state index in [0.29, 0.717) is 6.42 Å². The van der Waals surface area contributed by atoms with Gasteiger partial charge in [-0.2, -0.15) is 0 Å². The molecule has 0 bridgehead atoms. The van der Waals surface area contributed by atoms with Gasteiger partial charge in [0.2, 0.25) is 5.91 Å². The van der Waals surface area contributed by atoms with Crippen molar-refractivity contribution in [2.45, 2.75) is 172 Å². The summed E-state index contributed by atoms with van der Waals surface area (Å²) < 4.78 is 11.0. The minimum absolute atomic E-state index is 0.186. The van der Waals surface area contributed by atoms with E-state index in [-0.39, 0.29) is 12.5 Å². The number of hydrogen-bond acceptors (Lipinski definition) is 8. The van der Waals surface area contributed by atoms with Crippen molar-refractivity contribution in [1.82, 2.24) is 5.32 Å². The molecule has 0 aromatic carbocycles. The SMILES string of the molecule is CCCCCCCCCCCCC/C=C/C(O)C(COC1O[C@H](CO)[C@@H](O)[C@H](O)[C@H]1O)NC(=O)CCCCCCC. The Balaban J connectivity index is 2.50. The van der Waals surface area contributed by atoms with Gasteiger partial charge in [-0.25, -0.2) is 0 Å². The first-order valence-corrected chi connectivity index (χ1v) is 16.4. The summed E-state index contributed by atoms with van der Waals surface area (Å²) in [5.41, 5.74) is 0. The molecular formula is C32H61NO8. The second kappa shape index (κ2) is 24.4. The maximum absolute atomic E-state index is 12.6. The van der Waals surface area contributed by atoms with Crippen LogP contribution in [0.1, 0.15) is 129 Å². The Morgan fingerprint density at radius 3 is 1.90 bits per heavy atom. The van der Waals surface area contributed by atoms with Crippen LogP contribution in [0.2, 0.25) is 0 Å². The van der Waals surface area contributed by atoms with E-state index in [4.69, 9.17) is 9.47 Å². The minimum Gasteiger partial charge on any atom is -0.394 e. The molecule has 1 aliphatic rings. The molecule has 242 valence electrons. The lowest BCUT2D eigenvalue weighted by Gasteiger charge is -2.40. The number of amides is 1. The summed E-state index contributed by atoms with van der Waals surface area (Å²) in [5, 5.41) is 53.4. The summed E-state index contributed by atoms with van der Waals surface area (Å²) >= 11 is 0. The molecule has 0 saturated carbocycles. The molecule has 7 atom stereocenters. The van der Waals surface area contributed by atoms with Crippen LogP contribution in [0, 0.1) is 0 Å². The summed E-state index contributed by atoms with van der Waals surface area (Å²) in [6.07, 6.45) is 15.8. The van der Waals surface area contributed by atoms with E-state index in [9.17, 15) is 30.3 Å². The number of carbonyl (C=O) groups is 1. The van der Waals surface area contributed by atoms with Gasteiger partial charge in [-0.05, 0) is 19.3 Å². The van der Waals surface area contributed by atoms with E-state index < -0.39 is 49.5 Å². The highest BCUT2D eigenvalue weighted by Crippen LogP contribution is 2.22. The fourth-order valence-corrected chi connectivity index (χ4v) is 5.09. The maximum atomic E-state index is 12.6. The fourth-order valence-electron chi connectivity index (χ4n) is 5.09. The van der Waals surface area contributed by atoms with E-state index in [1.165, 1.54) is 57.8 Å². The van der Waals surface area contributed by atoms with Crippen LogP contribution in [0.3, 0.4) is 0 Å². The van der Waals surface area contributed by atoms with E-state index in [2.05, 4.69) is 19.2 Å². The molecule has 1 amide bonds. The van der Waals surface area contributed by atoms with Crippen LogP contribution in [-0.4, -0.2) is 87.5 Å².